The zero-order chi connectivity index (χ0) is 35.0. The van der Waals surface area contributed by atoms with Crippen LogP contribution in [0.3, 0.4) is 0 Å². The van der Waals surface area contributed by atoms with Gasteiger partial charge in [0.1, 0.15) is 17.1 Å². The van der Waals surface area contributed by atoms with Gasteiger partial charge in [0.2, 0.25) is 11.8 Å². The van der Waals surface area contributed by atoms with E-state index in [1.165, 1.54) is 0 Å². The molecule has 4 rings (SSSR count). The van der Waals surface area contributed by atoms with Gasteiger partial charge in [0.05, 0.1) is 25.0 Å². The number of nitrogens with zero attached hydrogens (tertiary/aromatic N) is 3. The predicted molar refractivity (Wildman–Crippen MR) is 185 cm³/mol. The second kappa shape index (κ2) is 17.1. The number of rotatable bonds is 15. The molecule has 1 saturated heterocycles. The van der Waals surface area contributed by atoms with Gasteiger partial charge in [0.15, 0.2) is 0 Å². The molecule has 1 aliphatic carbocycles. The van der Waals surface area contributed by atoms with Gasteiger partial charge in [-0.2, -0.15) is 0 Å². The summed E-state index contributed by atoms with van der Waals surface area (Å²) in [5.74, 6) is 0.835. The van der Waals surface area contributed by atoms with Gasteiger partial charge >= 0.3 is 6.09 Å². The van der Waals surface area contributed by atoms with Crippen molar-refractivity contribution in [3.8, 4) is 11.5 Å². The van der Waals surface area contributed by atoms with Crippen molar-refractivity contribution < 1.29 is 33.3 Å². The molecule has 1 saturated carbocycles. The average molecular weight is 673 g/mol. The number of ether oxygens (including phenoxy) is 4. The zero-order valence-corrected chi connectivity index (χ0v) is 30.6. The normalized spacial score (nSPS) is 20.2. The Morgan fingerprint density at radius 1 is 1.08 bits per heavy atom. The summed E-state index contributed by atoms with van der Waals surface area (Å²) in [5.41, 5.74) is 1.33. The van der Waals surface area contributed by atoms with Crippen LogP contribution in [0.15, 0.2) is 12.1 Å². The quantitative estimate of drug-likeness (QED) is 0.263. The minimum Gasteiger partial charge on any atom is -0.493 e. The lowest BCUT2D eigenvalue weighted by atomic mass is 9.87. The number of carbonyl (C=O) groups is 3. The van der Waals surface area contributed by atoms with Crippen LogP contribution in [0.4, 0.5) is 4.79 Å². The van der Waals surface area contributed by atoms with Crippen LogP contribution in [0.25, 0.3) is 0 Å². The molecule has 3 atom stereocenters. The molecule has 11 nitrogen and oxygen atoms in total. The Labute approximate surface area is 287 Å². The monoisotopic (exact) mass is 672 g/mol. The lowest BCUT2D eigenvalue weighted by Crippen LogP contribution is -2.55. The number of benzene rings is 1. The molecule has 2 fully saturated rings. The molecule has 0 aromatic heterocycles. The number of nitrogens with one attached hydrogen (secondary N) is 1. The van der Waals surface area contributed by atoms with Crippen LogP contribution in [-0.4, -0.2) is 111 Å². The summed E-state index contributed by atoms with van der Waals surface area (Å²) in [4.78, 5) is 47.3. The fraction of sp³-hybridized carbons (Fsp3) is 0.757. The van der Waals surface area contributed by atoms with Gasteiger partial charge < -0.3 is 39.0 Å². The number of hydrogen-bond acceptors (Lipinski definition) is 8. The first-order valence-electron chi connectivity index (χ1n) is 17.9. The Kier molecular flexibility index (Phi) is 13.4. The number of piperidine rings is 1. The number of fused-ring (bicyclic) bond motifs is 1. The molecule has 1 unspecified atom stereocenters. The van der Waals surface area contributed by atoms with E-state index in [0.717, 1.165) is 61.2 Å². The van der Waals surface area contributed by atoms with Crippen molar-refractivity contribution in [2.24, 2.45) is 17.8 Å². The Hall–Kier alpha value is -3.05. The number of hydrogen-bond donors (Lipinski definition) is 1. The lowest BCUT2D eigenvalue weighted by Gasteiger charge is -2.39. The summed E-state index contributed by atoms with van der Waals surface area (Å²) in [5, 5.41) is 3.26. The van der Waals surface area contributed by atoms with E-state index in [1.807, 2.05) is 51.9 Å². The molecule has 2 aliphatic heterocycles. The summed E-state index contributed by atoms with van der Waals surface area (Å²) in [6.45, 7) is 13.1. The molecule has 0 radical (unpaired) electrons. The van der Waals surface area contributed by atoms with Gasteiger partial charge in [-0.25, -0.2) is 4.79 Å². The van der Waals surface area contributed by atoms with Gasteiger partial charge in [0.25, 0.3) is 0 Å². The van der Waals surface area contributed by atoms with Crippen molar-refractivity contribution in [3.05, 3.63) is 23.3 Å². The topological polar surface area (TPSA) is 110 Å². The second-order valence-electron chi connectivity index (χ2n) is 15.5. The molecule has 3 amide bonds. The van der Waals surface area contributed by atoms with Crippen LogP contribution >= 0.6 is 0 Å². The van der Waals surface area contributed by atoms with E-state index in [2.05, 4.69) is 24.1 Å². The summed E-state index contributed by atoms with van der Waals surface area (Å²) >= 11 is 0. The average Bonchev–Trinajstić information content (AvgIpc) is 3.85. The standard InChI is InChI=1S/C37H60N4O7/c1-25(2)17-29(24-39(6)7)38-34(42)27-20-28(23-40(22-27)36(44)48-37(3,4)5)35(43)41(30-12-13-30)21-26-18-32-31(11-9-15-46-32)33(19-26)47-16-10-14-45-8/h18-19,25,27-30H,9-17,20-24H2,1-8H3,(H,38,42)/t27-,28+,29?/m0/s1. The van der Waals surface area contributed by atoms with E-state index >= 15 is 0 Å². The van der Waals surface area contributed by atoms with E-state index in [4.69, 9.17) is 18.9 Å². The highest BCUT2D eigenvalue weighted by atomic mass is 16.6. The van der Waals surface area contributed by atoms with Crippen molar-refractivity contribution >= 4 is 17.9 Å². The van der Waals surface area contributed by atoms with E-state index < -0.39 is 23.5 Å². The van der Waals surface area contributed by atoms with Crippen LogP contribution in [0.5, 0.6) is 11.5 Å². The molecule has 1 aromatic carbocycles. The van der Waals surface area contributed by atoms with Crippen LogP contribution < -0.4 is 14.8 Å². The Morgan fingerprint density at radius 3 is 2.46 bits per heavy atom. The number of methoxy groups -OCH3 is 1. The van der Waals surface area contributed by atoms with Gasteiger partial charge in [-0.05, 0) is 97.0 Å². The fourth-order valence-electron chi connectivity index (χ4n) is 6.74. The van der Waals surface area contributed by atoms with Gasteiger partial charge in [-0.1, -0.05) is 13.8 Å². The summed E-state index contributed by atoms with van der Waals surface area (Å²) < 4.78 is 23.2. The zero-order valence-electron chi connectivity index (χ0n) is 30.6. The maximum atomic E-state index is 14.5. The van der Waals surface area contributed by atoms with E-state index in [0.29, 0.717) is 45.2 Å². The number of amides is 3. The van der Waals surface area contributed by atoms with Crippen LogP contribution in [-0.2, 0) is 32.0 Å². The molecule has 48 heavy (non-hydrogen) atoms. The third kappa shape index (κ3) is 11.3. The minimum absolute atomic E-state index is 0.0290. The first kappa shape index (κ1) is 37.8. The van der Waals surface area contributed by atoms with Crippen molar-refractivity contribution in [1.29, 1.82) is 0 Å². The highest BCUT2D eigenvalue weighted by molar-refractivity contribution is 5.84. The highest BCUT2D eigenvalue weighted by Crippen LogP contribution is 2.38. The van der Waals surface area contributed by atoms with Gasteiger partial charge in [-0.15, -0.1) is 0 Å². The number of carbonyl (C=O) groups excluding carboxylic acids is 3. The molecular formula is C37H60N4O7. The maximum absolute atomic E-state index is 14.5. The first-order valence-corrected chi connectivity index (χ1v) is 17.9. The van der Waals surface area contributed by atoms with Gasteiger partial charge in [0, 0.05) is 64.0 Å². The number of likely N-dealkylation sites (tertiary alicyclic amines) is 1. The predicted octanol–water partition coefficient (Wildman–Crippen LogP) is 4.88. The lowest BCUT2D eigenvalue weighted by molar-refractivity contribution is -0.140. The summed E-state index contributed by atoms with van der Waals surface area (Å²) in [6, 6.07) is 4.19. The molecule has 3 aliphatic rings. The second-order valence-corrected chi connectivity index (χ2v) is 15.5. The first-order chi connectivity index (χ1) is 22.7. The van der Waals surface area contributed by atoms with Crippen LogP contribution in [0.2, 0.25) is 0 Å². The van der Waals surface area contributed by atoms with Crippen LogP contribution in [0, 0.1) is 17.8 Å². The Morgan fingerprint density at radius 2 is 1.81 bits per heavy atom. The van der Waals surface area contributed by atoms with E-state index in [-0.39, 0.29) is 37.0 Å². The molecule has 11 heteroatoms. The molecule has 270 valence electrons. The Bertz CT molecular complexity index is 1230. The fourth-order valence-corrected chi connectivity index (χ4v) is 6.74. The summed E-state index contributed by atoms with van der Waals surface area (Å²) in [7, 11) is 5.68. The smallest absolute Gasteiger partial charge is 0.410 e. The van der Waals surface area contributed by atoms with E-state index in [9.17, 15) is 14.4 Å². The maximum Gasteiger partial charge on any atom is 0.410 e. The van der Waals surface area contributed by atoms with Crippen molar-refractivity contribution in [1.82, 2.24) is 20.0 Å². The largest absolute Gasteiger partial charge is 0.493 e. The molecule has 1 aromatic rings. The third-order valence-corrected chi connectivity index (χ3v) is 8.94. The third-order valence-electron chi connectivity index (χ3n) is 8.94. The minimum atomic E-state index is -0.697. The SMILES string of the molecule is COCCCOc1cc(CN(C(=O)[C@@H]2C[C@H](C(=O)NC(CC(C)C)CN(C)C)CN(C(=O)OC(C)(C)C)C2)C2CC2)cc2c1CCCO2. The molecular weight excluding hydrogens is 612 g/mol. The van der Waals surface area contributed by atoms with Crippen molar-refractivity contribution in [2.75, 3.05) is 60.7 Å². The van der Waals surface area contributed by atoms with Crippen LogP contribution in [0.1, 0.15) is 84.3 Å². The van der Waals surface area contributed by atoms with Crippen molar-refractivity contribution in [3.63, 3.8) is 0 Å². The molecule has 0 bridgehead atoms. The molecule has 1 N–H and O–H groups in total. The summed E-state index contributed by atoms with van der Waals surface area (Å²) in [6.07, 6.45) is 5.19. The molecule has 0 spiro atoms. The van der Waals surface area contributed by atoms with Crippen molar-refractivity contribution in [2.45, 2.75) is 104 Å². The van der Waals surface area contributed by atoms with E-state index in [1.54, 1.807) is 12.0 Å². The Balaban J connectivity index is 1.56. The number of likely N-dealkylation sites (N-methyl/N-ethyl adjacent to an activating group) is 1. The molecule has 2 heterocycles. The van der Waals surface area contributed by atoms with Gasteiger partial charge in [-0.3, -0.25) is 9.59 Å². The highest BCUT2D eigenvalue weighted by Gasteiger charge is 2.43.